The Kier molecular flexibility index (Phi) is 10.2. The third kappa shape index (κ3) is 10.4. The lowest BCUT2D eigenvalue weighted by molar-refractivity contribution is -0.156. The molecule has 0 saturated heterocycles. The van der Waals surface area contributed by atoms with Crippen molar-refractivity contribution in [3.05, 3.63) is 41.4 Å². The van der Waals surface area contributed by atoms with Gasteiger partial charge in [-0.25, -0.2) is 13.4 Å². The minimum Gasteiger partial charge on any atom is -0.459 e. The number of nitrogens with one attached hydrogen (secondary N) is 3. The third-order valence-electron chi connectivity index (χ3n) is 4.40. The number of anilines is 1. The van der Waals surface area contributed by atoms with Crippen LogP contribution in [0.4, 0.5) is 5.13 Å². The average molecular weight is 526 g/mol. The maximum absolute atomic E-state index is 12.7. The van der Waals surface area contributed by atoms with E-state index in [1.807, 2.05) is 5.38 Å². The van der Waals surface area contributed by atoms with Crippen molar-refractivity contribution in [2.45, 2.75) is 56.6 Å². The summed E-state index contributed by atoms with van der Waals surface area (Å²) >= 11 is 1.33. The standard InChI is InChI=1S/C22H31N5O6S2/c1-22(2,3)33-20(30)17(27-35(31,32)16-9-5-4-6-10-16)12-24-19(29)13-25-18(28)11-7-8-15-14-34-21(23)26-15/h4-6,9-10,14,17,27H,7-8,11-13H2,1-3H3,(H2,23,26)(H,24,29)(H,25,28)/t17-/m0/s1. The molecule has 1 atom stereocenters. The lowest BCUT2D eigenvalue weighted by Gasteiger charge is -2.24. The molecule has 1 aromatic carbocycles. The Morgan fingerprint density at radius 1 is 1.11 bits per heavy atom. The number of carbonyl (C=O) groups excluding carboxylic acids is 3. The van der Waals surface area contributed by atoms with Gasteiger partial charge in [-0.05, 0) is 45.7 Å². The maximum Gasteiger partial charge on any atom is 0.326 e. The highest BCUT2D eigenvalue weighted by Gasteiger charge is 2.30. The van der Waals surface area contributed by atoms with Crippen LogP contribution in [-0.4, -0.2) is 55.9 Å². The summed E-state index contributed by atoms with van der Waals surface area (Å²) in [5.41, 5.74) is 5.51. The van der Waals surface area contributed by atoms with Crippen LogP contribution in [-0.2, 0) is 35.6 Å². The van der Waals surface area contributed by atoms with Crippen molar-refractivity contribution >= 4 is 44.3 Å². The molecule has 11 nitrogen and oxygen atoms in total. The molecule has 0 unspecified atom stereocenters. The topological polar surface area (TPSA) is 170 Å². The molecule has 1 heterocycles. The van der Waals surface area contributed by atoms with E-state index in [0.717, 1.165) is 5.69 Å². The summed E-state index contributed by atoms with van der Waals surface area (Å²) in [6.45, 7) is 4.25. The second-order valence-electron chi connectivity index (χ2n) is 8.63. The molecule has 0 fully saturated rings. The number of esters is 1. The Bertz CT molecular complexity index is 1110. The summed E-state index contributed by atoms with van der Waals surface area (Å²) in [6, 6.07) is 6.15. The molecule has 0 aliphatic carbocycles. The maximum atomic E-state index is 12.7. The first-order valence-corrected chi connectivity index (χ1v) is 13.3. The van der Waals surface area contributed by atoms with E-state index in [1.54, 1.807) is 39.0 Å². The Labute approximate surface area is 208 Å². The first-order chi connectivity index (χ1) is 16.4. The number of nitrogens with zero attached hydrogens (tertiary/aromatic N) is 1. The van der Waals surface area contributed by atoms with Crippen molar-refractivity contribution in [3.8, 4) is 0 Å². The number of aryl methyl sites for hydroxylation is 1. The van der Waals surface area contributed by atoms with Gasteiger partial charge in [0.25, 0.3) is 0 Å². The van der Waals surface area contributed by atoms with Gasteiger partial charge in [0.15, 0.2) is 5.13 Å². The summed E-state index contributed by atoms with van der Waals surface area (Å²) in [5, 5.41) is 7.25. The second kappa shape index (κ2) is 12.6. The number of sulfonamides is 1. The number of thiazole rings is 1. The lowest BCUT2D eigenvalue weighted by Crippen LogP contribution is -2.51. The predicted octanol–water partition coefficient (Wildman–Crippen LogP) is 0.969. The zero-order valence-electron chi connectivity index (χ0n) is 19.9. The Morgan fingerprint density at radius 2 is 1.80 bits per heavy atom. The van der Waals surface area contributed by atoms with Gasteiger partial charge in [-0.1, -0.05) is 18.2 Å². The Morgan fingerprint density at radius 3 is 2.40 bits per heavy atom. The smallest absolute Gasteiger partial charge is 0.326 e. The van der Waals surface area contributed by atoms with E-state index in [2.05, 4.69) is 20.3 Å². The number of rotatable bonds is 12. The third-order valence-corrected chi connectivity index (χ3v) is 6.61. The molecule has 2 rings (SSSR count). The minimum absolute atomic E-state index is 0.0347. The van der Waals surface area contributed by atoms with E-state index < -0.39 is 33.5 Å². The zero-order chi connectivity index (χ0) is 26.1. The monoisotopic (exact) mass is 525 g/mol. The van der Waals surface area contributed by atoms with Gasteiger partial charge in [0.2, 0.25) is 21.8 Å². The van der Waals surface area contributed by atoms with E-state index >= 15 is 0 Å². The molecule has 0 aliphatic heterocycles. The molecular formula is C22H31N5O6S2. The predicted molar refractivity (Wildman–Crippen MR) is 132 cm³/mol. The fraction of sp³-hybridized carbons (Fsp3) is 0.455. The molecule has 0 bridgehead atoms. The Hall–Kier alpha value is -3.03. The van der Waals surface area contributed by atoms with Crippen molar-refractivity contribution < 1.29 is 27.5 Å². The highest BCUT2D eigenvalue weighted by molar-refractivity contribution is 7.89. The van der Waals surface area contributed by atoms with Crippen LogP contribution in [0, 0.1) is 0 Å². The summed E-state index contributed by atoms with van der Waals surface area (Å²) in [6.07, 6.45) is 1.33. The molecule has 13 heteroatoms. The summed E-state index contributed by atoms with van der Waals surface area (Å²) in [5.74, 6) is -1.75. The number of aromatic nitrogens is 1. The van der Waals surface area contributed by atoms with Gasteiger partial charge in [0.05, 0.1) is 17.1 Å². The molecule has 35 heavy (non-hydrogen) atoms. The fourth-order valence-corrected chi connectivity index (χ4v) is 4.62. The first-order valence-electron chi connectivity index (χ1n) is 10.9. The molecule has 0 radical (unpaired) electrons. The average Bonchev–Trinajstić information content (AvgIpc) is 3.19. The van der Waals surface area contributed by atoms with Gasteiger partial charge in [-0.15, -0.1) is 11.3 Å². The van der Waals surface area contributed by atoms with Crippen LogP contribution >= 0.6 is 11.3 Å². The van der Waals surface area contributed by atoms with Gasteiger partial charge in [0.1, 0.15) is 11.6 Å². The van der Waals surface area contributed by atoms with E-state index in [9.17, 15) is 22.8 Å². The minimum atomic E-state index is -4.05. The van der Waals surface area contributed by atoms with Gasteiger partial charge >= 0.3 is 5.97 Å². The lowest BCUT2D eigenvalue weighted by atomic mass is 10.2. The van der Waals surface area contributed by atoms with Crippen molar-refractivity contribution in [2.75, 3.05) is 18.8 Å². The van der Waals surface area contributed by atoms with Crippen molar-refractivity contribution in [1.82, 2.24) is 20.3 Å². The van der Waals surface area contributed by atoms with Gasteiger partial charge in [0, 0.05) is 18.3 Å². The normalized spacial score (nSPS) is 12.5. The van der Waals surface area contributed by atoms with E-state index in [4.69, 9.17) is 10.5 Å². The molecule has 2 aromatic rings. The molecule has 5 N–H and O–H groups in total. The van der Waals surface area contributed by atoms with Gasteiger partial charge < -0.3 is 21.1 Å². The molecule has 0 saturated carbocycles. The van der Waals surface area contributed by atoms with Crippen LogP contribution in [0.2, 0.25) is 0 Å². The number of hydrogen-bond donors (Lipinski definition) is 4. The number of nitrogen functional groups attached to an aromatic ring is 1. The van der Waals surface area contributed by atoms with Crippen molar-refractivity contribution in [1.29, 1.82) is 0 Å². The molecule has 0 spiro atoms. The van der Waals surface area contributed by atoms with Crippen LogP contribution in [0.25, 0.3) is 0 Å². The molecular weight excluding hydrogens is 494 g/mol. The van der Waals surface area contributed by atoms with Crippen LogP contribution in [0.3, 0.4) is 0 Å². The van der Waals surface area contributed by atoms with E-state index in [1.165, 1.54) is 23.5 Å². The number of benzene rings is 1. The molecule has 0 aliphatic rings. The number of nitrogens with two attached hydrogens (primary N) is 1. The van der Waals surface area contributed by atoms with E-state index in [0.29, 0.717) is 18.0 Å². The van der Waals surface area contributed by atoms with Crippen LogP contribution in [0.15, 0.2) is 40.6 Å². The van der Waals surface area contributed by atoms with Crippen molar-refractivity contribution in [3.63, 3.8) is 0 Å². The zero-order valence-corrected chi connectivity index (χ0v) is 21.5. The van der Waals surface area contributed by atoms with Crippen LogP contribution < -0.4 is 21.1 Å². The highest BCUT2D eigenvalue weighted by atomic mass is 32.2. The quantitative estimate of drug-likeness (QED) is 0.297. The molecule has 2 amide bonds. The number of carbonyl (C=O) groups is 3. The van der Waals surface area contributed by atoms with Crippen LogP contribution in [0.5, 0.6) is 0 Å². The summed E-state index contributed by atoms with van der Waals surface area (Å²) < 4.78 is 32.9. The van der Waals surface area contributed by atoms with Crippen molar-refractivity contribution in [2.24, 2.45) is 0 Å². The fourth-order valence-electron chi connectivity index (χ4n) is 2.81. The van der Waals surface area contributed by atoms with Crippen LogP contribution in [0.1, 0.15) is 39.3 Å². The van der Waals surface area contributed by atoms with Gasteiger partial charge in [-0.2, -0.15) is 4.72 Å². The number of amides is 2. The number of hydrogen-bond acceptors (Lipinski definition) is 9. The number of ether oxygens (including phenoxy) is 1. The van der Waals surface area contributed by atoms with Gasteiger partial charge in [-0.3, -0.25) is 14.4 Å². The SMILES string of the molecule is CC(C)(C)OC(=O)[C@H](CNC(=O)CNC(=O)CCCc1csc(N)n1)NS(=O)(=O)c1ccccc1. The highest BCUT2D eigenvalue weighted by Crippen LogP contribution is 2.13. The summed E-state index contributed by atoms with van der Waals surface area (Å²) in [7, 11) is -4.05. The van der Waals surface area contributed by atoms with E-state index in [-0.39, 0.29) is 30.3 Å². The second-order valence-corrected chi connectivity index (χ2v) is 11.2. The largest absolute Gasteiger partial charge is 0.459 e. The molecule has 1 aromatic heterocycles. The Balaban J connectivity index is 1.87. The first kappa shape index (κ1) is 28.2. The molecule has 192 valence electrons. The summed E-state index contributed by atoms with van der Waals surface area (Å²) in [4.78, 5) is 40.9.